The standard InChI is InChI=1S/C46H77O10P/c1-3-5-7-9-11-13-15-17-19-21-23-25-27-29-31-33-35-37-45(49)53-41-44(42-55-57(51,52)54-40-43(48)39-47)56-46(50)38-36-34-32-30-28-26-24-22-20-18-16-14-12-10-8-6-4-2/h11,13,17-20,23-26,29-32,43-44,47-48H,3-10,12,14-16,21-22,27-28,33-42H2,1-2H3,(H,51,52)/b13-11+,19-17+,20-18+,25-23+,26-24+,31-29+,32-30+/t43-,44+/m0/s1. The van der Waals surface area contributed by atoms with Crippen LogP contribution in [0.4, 0.5) is 0 Å². The highest BCUT2D eigenvalue weighted by molar-refractivity contribution is 7.47. The number of esters is 2. The molecule has 0 aromatic carbocycles. The van der Waals surface area contributed by atoms with Crippen LogP contribution in [0.5, 0.6) is 0 Å². The van der Waals surface area contributed by atoms with Gasteiger partial charge in [-0.3, -0.25) is 18.6 Å². The predicted octanol–water partition coefficient (Wildman–Crippen LogP) is 11.4. The van der Waals surface area contributed by atoms with Crippen LogP contribution in [0.15, 0.2) is 85.1 Å². The van der Waals surface area contributed by atoms with Crippen molar-refractivity contribution < 1.29 is 47.8 Å². The highest BCUT2D eigenvalue weighted by Gasteiger charge is 2.27. The summed E-state index contributed by atoms with van der Waals surface area (Å²) in [7, 11) is -4.65. The van der Waals surface area contributed by atoms with Gasteiger partial charge in [0.25, 0.3) is 0 Å². The topological polar surface area (TPSA) is 149 Å². The van der Waals surface area contributed by atoms with Gasteiger partial charge in [0.05, 0.1) is 19.8 Å². The highest BCUT2D eigenvalue weighted by Crippen LogP contribution is 2.43. The summed E-state index contributed by atoms with van der Waals surface area (Å²) in [5, 5.41) is 18.3. The first kappa shape index (κ1) is 54.2. The quantitative estimate of drug-likeness (QED) is 0.0237. The molecule has 0 saturated heterocycles. The van der Waals surface area contributed by atoms with Gasteiger partial charge in [0, 0.05) is 12.8 Å². The zero-order chi connectivity index (χ0) is 41.9. The molecule has 0 aliphatic heterocycles. The number of carbonyl (C=O) groups is 2. The van der Waals surface area contributed by atoms with E-state index in [-0.39, 0.29) is 19.4 Å². The van der Waals surface area contributed by atoms with Crippen molar-refractivity contribution in [2.75, 3.05) is 26.4 Å². The molecule has 0 aliphatic rings. The molecule has 3 N–H and O–H groups in total. The fourth-order valence-corrected chi connectivity index (χ4v) is 5.97. The first-order valence-corrected chi connectivity index (χ1v) is 23.0. The molecule has 0 spiro atoms. The number of allylic oxidation sites excluding steroid dienone is 14. The van der Waals surface area contributed by atoms with Crippen molar-refractivity contribution in [1.29, 1.82) is 0 Å². The molecule has 0 radical (unpaired) electrons. The van der Waals surface area contributed by atoms with Crippen LogP contribution in [0.3, 0.4) is 0 Å². The summed E-state index contributed by atoms with van der Waals surface area (Å²) in [5.41, 5.74) is 0. The second kappa shape index (κ2) is 41.3. The van der Waals surface area contributed by atoms with Crippen molar-refractivity contribution in [3.63, 3.8) is 0 Å². The lowest BCUT2D eigenvalue weighted by atomic mass is 10.1. The Kier molecular flexibility index (Phi) is 39.2. The molecule has 0 aromatic rings. The van der Waals surface area contributed by atoms with Gasteiger partial charge in [-0.1, -0.05) is 144 Å². The third kappa shape index (κ3) is 41.1. The Labute approximate surface area is 345 Å². The van der Waals surface area contributed by atoms with E-state index in [0.29, 0.717) is 25.7 Å². The number of carbonyl (C=O) groups excluding carboxylic acids is 2. The Hall–Kier alpha value is -2.85. The van der Waals surface area contributed by atoms with Gasteiger partial charge in [-0.15, -0.1) is 0 Å². The van der Waals surface area contributed by atoms with Crippen LogP contribution in [0.1, 0.15) is 155 Å². The summed E-state index contributed by atoms with van der Waals surface area (Å²) >= 11 is 0. The van der Waals surface area contributed by atoms with Gasteiger partial charge in [0.15, 0.2) is 6.10 Å². The van der Waals surface area contributed by atoms with Crippen LogP contribution in [0.2, 0.25) is 0 Å². The number of unbranched alkanes of at least 4 members (excludes halogenated alkanes) is 11. The van der Waals surface area contributed by atoms with Crippen molar-refractivity contribution in [3.8, 4) is 0 Å². The summed E-state index contributed by atoms with van der Waals surface area (Å²) in [5.74, 6) is -1.06. The van der Waals surface area contributed by atoms with E-state index in [1.807, 2.05) is 18.2 Å². The van der Waals surface area contributed by atoms with Crippen LogP contribution in [-0.4, -0.2) is 65.7 Å². The van der Waals surface area contributed by atoms with E-state index in [1.165, 1.54) is 57.8 Å². The van der Waals surface area contributed by atoms with Crippen LogP contribution in [-0.2, 0) is 32.7 Å². The van der Waals surface area contributed by atoms with Crippen molar-refractivity contribution in [3.05, 3.63) is 85.1 Å². The molecule has 0 heterocycles. The molecule has 0 aliphatic carbocycles. The summed E-state index contributed by atoms with van der Waals surface area (Å²) in [6.45, 7) is 2.20. The highest BCUT2D eigenvalue weighted by atomic mass is 31.2. The van der Waals surface area contributed by atoms with Crippen molar-refractivity contribution in [2.45, 2.75) is 167 Å². The first-order chi connectivity index (χ1) is 27.7. The minimum absolute atomic E-state index is 0.0963. The third-order valence-electron chi connectivity index (χ3n) is 8.52. The van der Waals surface area contributed by atoms with Crippen LogP contribution < -0.4 is 0 Å². The Balaban J connectivity index is 4.50. The van der Waals surface area contributed by atoms with Gasteiger partial charge in [-0.25, -0.2) is 4.57 Å². The number of aliphatic hydroxyl groups excluding tert-OH is 2. The molecule has 0 fully saturated rings. The lowest BCUT2D eigenvalue weighted by Crippen LogP contribution is -2.29. The van der Waals surface area contributed by atoms with Crippen molar-refractivity contribution in [2.24, 2.45) is 0 Å². The zero-order valence-electron chi connectivity index (χ0n) is 35.3. The SMILES string of the molecule is CCCCC/C=C/C/C=C/C/C=C/C/C=C/CCCC(=O)OC[C@H](COP(=O)(O)OC[C@@H](O)CO)OC(=O)CCC/C=C/C/C=C/C/C=C/CCCCCCCC. The van der Waals surface area contributed by atoms with Gasteiger partial charge in [0.2, 0.25) is 0 Å². The number of rotatable bonds is 39. The molecular weight excluding hydrogens is 743 g/mol. The average Bonchev–Trinajstić information content (AvgIpc) is 3.20. The number of aliphatic hydroxyl groups is 2. The zero-order valence-corrected chi connectivity index (χ0v) is 36.2. The van der Waals surface area contributed by atoms with E-state index in [4.69, 9.17) is 19.1 Å². The van der Waals surface area contributed by atoms with Crippen molar-refractivity contribution >= 4 is 19.8 Å². The summed E-state index contributed by atoms with van der Waals surface area (Å²) < 4.78 is 32.6. The molecule has 0 saturated carbocycles. The molecule has 11 heteroatoms. The number of ether oxygens (including phenoxy) is 2. The Morgan fingerprint density at radius 2 is 0.912 bits per heavy atom. The normalized spacial score (nSPS) is 14.7. The van der Waals surface area contributed by atoms with Gasteiger partial charge in [-0.2, -0.15) is 0 Å². The largest absolute Gasteiger partial charge is 0.472 e. The molecule has 57 heavy (non-hydrogen) atoms. The van der Waals surface area contributed by atoms with Crippen LogP contribution >= 0.6 is 7.82 Å². The molecule has 0 rings (SSSR count). The molecule has 0 bridgehead atoms. The lowest BCUT2D eigenvalue weighted by molar-refractivity contribution is -0.161. The maximum absolute atomic E-state index is 12.6. The Morgan fingerprint density at radius 1 is 0.526 bits per heavy atom. The molecule has 10 nitrogen and oxygen atoms in total. The van der Waals surface area contributed by atoms with Gasteiger partial charge < -0.3 is 24.6 Å². The third-order valence-corrected chi connectivity index (χ3v) is 9.47. The Morgan fingerprint density at radius 3 is 1.40 bits per heavy atom. The van der Waals surface area contributed by atoms with Crippen molar-refractivity contribution in [1.82, 2.24) is 0 Å². The van der Waals surface area contributed by atoms with Crippen LogP contribution in [0, 0.1) is 0 Å². The summed E-state index contributed by atoms with van der Waals surface area (Å²) in [6.07, 6.45) is 48.5. The first-order valence-electron chi connectivity index (χ1n) is 21.5. The van der Waals surface area contributed by atoms with E-state index in [0.717, 1.165) is 44.9 Å². The molecule has 0 aromatic heterocycles. The van der Waals surface area contributed by atoms with Gasteiger partial charge in [-0.05, 0) is 83.5 Å². The molecular formula is C46H77O10P. The average molecular weight is 821 g/mol. The Bertz CT molecular complexity index is 1220. The van der Waals surface area contributed by atoms with Crippen LogP contribution in [0.25, 0.3) is 0 Å². The fourth-order valence-electron chi connectivity index (χ4n) is 5.18. The monoisotopic (exact) mass is 821 g/mol. The van der Waals surface area contributed by atoms with E-state index in [1.54, 1.807) is 0 Å². The maximum atomic E-state index is 12.6. The second-order valence-corrected chi connectivity index (χ2v) is 15.5. The van der Waals surface area contributed by atoms with Gasteiger partial charge >= 0.3 is 19.8 Å². The lowest BCUT2D eigenvalue weighted by Gasteiger charge is -2.20. The predicted molar refractivity (Wildman–Crippen MR) is 233 cm³/mol. The molecule has 1 unspecified atom stereocenters. The van der Waals surface area contributed by atoms with E-state index in [2.05, 4.69) is 85.2 Å². The van der Waals surface area contributed by atoms with E-state index < -0.39 is 51.8 Å². The summed E-state index contributed by atoms with van der Waals surface area (Å²) in [6, 6.07) is 0. The maximum Gasteiger partial charge on any atom is 0.472 e. The van der Waals surface area contributed by atoms with E-state index >= 15 is 0 Å². The number of phosphoric ester groups is 1. The number of hydrogen-bond donors (Lipinski definition) is 3. The minimum atomic E-state index is -4.65. The molecule has 0 amide bonds. The van der Waals surface area contributed by atoms with Gasteiger partial charge in [0.1, 0.15) is 12.7 Å². The molecule has 326 valence electrons. The second-order valence-electron chi connectivity index (χ2n) is 14.0. The fraction of sp³-hybridized carbons (Fsp3) is 0.652. The molecule has 3 atom stereocenters. The number of phosphoric acid groups is 1. The van der Waals surface area contributed by atoms with E-state index in [9.17, 15) is 24.2 Å². The number of hydrogen-bond acceptors (Lipinski definition) is 9. The summed E-state index contributed by atoms with van der Waals surface area (Å²) in [4.78, 5) is 34.9. The smallest absolute Gasteiger partial charge is 0.462 e. The minimum Gasteiger partial charge on any atom is -0.462 e.